The van der Waals surface area contributed by atoms with Crippen LogP contribution in [-0.4, -0.2) is 50.3 Å². The predicted molar refractivity (Wildman–Crippen MR) is 90.6 cm³/mol. The van der Waals surface area contributed by atoms with Gasteiger partial charge in [0.05, 0.1) is 6.61 Å². The normalized spacial score (nSPS) is 15.3. The number of carbonyl (C=O) groups excluding carboxylic acids is 1. The molecule has 128 valence electrons. The van der Waals surface area contributed by atoms with E-state index in [1.807, 2.05) is 18.2 Å². The van der Waals surface area contributed by atoms with Crippen molar-refractivity contribution in [3.8, 4) is 5.75 Å². The number of likely N-dealkylation sites (tertiary alicyclic amines) is 1. The van der Waals surface area contributed by atoms with Gasteiger partial charge in [0.2, 0.25) is 0 Å². The molecule has 5 heteroatoms. The summed E-state index contributed by atoms with van der Waals surface area (Å²) in [4.78, 5) is 13.8. The van der Waals surface area contributed by atoms with Crippen LogP contribution in [0, 0.1) is 0 Å². The summed E-state index contributed by atoms with van der Waals surface area (Å²) in [5, 5.41) is 3.47. The van der Waals surface area contributed by atoms with Gasteiger partial charge in [-0.25, -0.2) is 4.79 Å². The van der Waals surface area contributed by atoms with Crippen LogP contribution in [-0.2, 0) is 16.1 Å². The lowest BCUT2D eigenvalue weighted by Gasteiger charge is -2.26. The first kappa shape index (κ1) is 17.8. The van der Waals surface area contributed by atoms with Gasteiger partial charge in [-0.2, -0.15) is 0 Å². The van der Waals surface area contributed by atoms with E-state index in [2.05, 4.69) is 16.3 Å². The number of hydrogen-bond donors (Lipinski definition) is 1. The van der Waals surface area contributed by atoms with Crippen molar-refractivity contribution in [2.45, 2.75) is 32.7 Å². The largest absolute Gasteiger partial charge is 0.482 e. The van der Waals surface area contributed by atoms with Gasteiger partial charge in [-0.15, -0.1) is 0 Å². The summed E-state index contributed by atoms with van der Waals surface area (Å²) in [7, 11) is 0. The van der Waals surface area contributed by atoms with Gasteiger partial charge in [0.15, 0.2) is 6.61 Å². The fourth-order valence-electron chi connectivity index (χ4n) is 2.74. The van der Waals surface area contributed by atoms with E-state index in [-0.39, 0.29) is 12.6 Å². The highest BCUT2D eigenvalue weighted by Gasteiger charge is 2.09. The van der Waals surface area contributed by atoms with E-state index in [1.54, 1.807) is 6.92 Å². The minimum Gasteiger partial charge on any atom is -0.482 e. The van der Waals surface area contributed by atoms with Crippen molar-refractivity contribution in [1.82, 2.24) is 10.2 Å². The Balaban J connectivity index is 1.66. The molecule has 0 atom stereocenters. The fraction of sp³-hybridized carbons (Fsp3) is 0.611. The molecule has 1 N–H and O–H groups in total. The van der Waals surface area contributed by atoms with Crippen LogP contribution >= 0.6 is 0 Å². The van der Waals surface area contributed by atoms with Crippen LogP contribution in [0.4, 0.5) is 0 Å². The number of esters is 1. The molecular weight excluding hydrogens is 292 g/mol. The van der Waals surface area contributed by atoms with E-state index in [4.69, 9.17) is 9.47 Å². The third kappa shape index (κ3) is 7.01. The van der Waals surface area contributed by atoms with E-state index in [9.17, 15) is 4.79 Å². The average molecular weight is 320 g/mol. The number of nitrogens with zero attached hydrogens (tertiary/aromatic N) is 1. The monoisotopic (exact) mass is 320 g/mol. The number of hydrogen-bond acceptors (Lipinski definition) is 5. The van der Waals surface area contributed by atoms with E-state index in [0.717, 1.165) is 25.2 Å². The maximum Gasteiger partial charge on any atom is 0.344 e. The molecule has 0 unspecified atom stereocenters. The summed E-state index contributed by atoms with van der Waals surface area (Å²) in [6, 6.07) is 7.83. The second-order valence-electron chi connectivity index (χ2n) is 5.82. The van der Waals surface area contributed by atoms with Gasteiger partial charge in [0.25, 0.3) is 0 Å². The van der Waals surface area contributed by atoms with E-state index in [0.29, 0.717) is 12.4 Å². The lowest BCUT2D eigenvalue weighted by Crippen LogP contribution is -2.35. The van der Waals surface area contributed by atoms with E-state index in [1.165, 1.54) is 32.4 Å². The highest BCUT2D eigenvalue weighted by atomic mass is 16.6. The SMILES string of the molecule is CCOC(=O)COc1cccc(CNCCN2CCCCC2)c1. The number of piperidine rings is 1. The Labute approximate surface area is 139 Å². The molecule has 0 spiro atoms. The fourth-order valence-corrected chi connectivity index (χ4v) is 2.74. The maximum absolute atomic E-state index is 11.3. The maximum atomic E-state index is 11.3. The summed E-state index contributed by atoms with van der Waals surface area (Å²) in [6.07, 6.45) is 4.04. The molecule has 0 aliphatic carbocycles. The molecule has 1 aliphatic rings. The summed E-state index contributed by atoms with van der Waals surface area (Å²) < 4.78 is 10.3. The number of benzene rings is 1. The number of carbonyl (C=O) groups is 1. The lowest BCUT2D eigenvalue weighted by atomic mass is 10.1. The van der Waals surface area contributed by atoms with Crippen LogP contribution in [0.2, 0.25) is 0 Å². The molecule has 0 saturated carbocycles. The van der Waals surface area contributed by atoms with Gasteiger partial charge < -0.3 is 19.7 Å². The molecule has 0 aromatic heterocycles. The molecule has 1 heterocycles. The molecule has 1 aliphatic heterocycles. The molecule has 1 fully saturated rings. The topological polar surface area (TPSA) is 50.8 Å². The predicted octanol–water partition coefficient (Wildman–Crippen LogP) is 2.20. The zero-order chi connectivity index (χ0) is 16.3. The Morgan fingerprint density at radius 3 is 2.87 bits per heavy atom. The molecule has 5 nitrogen and oxygen atoms in total. The highest BCUT2D eigenvalue weighted by Crippen LogP contribution is 2.13. The molecule has 0 bridgehead atoms. The molecule has 1 saturated heterocycles. The highest BCUT2D eigenvalue weighted by molar-refractivity contribution is 5.71. The van der Waals surface area contributed by atoms with Gasteiger partial charge in [-0.1, -0.05) is 18.6 Å². The minimum atomic E-state index is -0.336. The zero-order valence-electron chi connectivity index (χ0n) is 14.1. The standard InChI is InChI=1S/C18H28N2O3/c1-2-22-18(21)15-23-17-8-6-7-16(13-17)14-19-9-12-20-10-4-3-5-11-20/h6-8,13,19H,2-5,9-12,14-15H2,1H3. The third-order valence-electron chi connectivity index (χ3n) is 3.94. The average Bonchev–Trinajstić information content (AvgIpc) is 2.59. The Bertz CT molecular complexity index is 473. The van der Waals surface area contributed by atoms with Crippen LogP contribution in [0.25, 0.3) is 0 Å². The number of rotatable bonds is 9. The van der Waals surface area contributed by atoms with Crippen molar-refractivity contribution in [3.05, 3.63) is 29.8 Å². The quantitative estimate of drug-likeness (QED) is 0.558. The van der Waals surface area contributed by atoms with Crippen molar-refractivity contribution in [1.29, 1.82) is 0 Å². The first-order valence-electron chi connectivity index (χ1n) is 8.58. The van der Waals surface area contributed by atoms with Crippen LogP contribution in [0.1, 0.15) is 31.7 Å². The summed E-state index contributed by atoms with van der Waals surface area (Å²) in [5.74, 6) is 0.367. The minimum absolute atomic E-state index is 0.0420. The van der Waals surface area contributed by atoms with Crippen LogP contribution in [0.15, 0.2) is 24.3 Å². The van der Waals surface area contributed by atoms with Gasteiger partial charge in [0, 0.05) is 19.6 Å². The smallest absolute Gasteiger partial charge is 0.344 e. The molecule has 23 heavy (non-hydrogen) atoms. The van der Waals surface area contributed by atoms with Crippen LogP contribution in [0.5, 0.6) is 5.75 Å². The Morgan fingerprint density at radius 1 is 1.26 bits per heavy atom. The summed E-state index contributed by atoms with van der Waals surface area (Å²) >= 11 is 0. The Morgan fingerprint density at radius 2 is 2.09 bits per heavy atom. The van der Waals surface area contributed by atoms with Gasteiger partial charge in [-0.05, 0) is 50.6 Å². The van der Waals surface area contributed by atoms with Crippen molar-refractivity contribution < 1.29 is 14.3 Å². The van der Waals surface area contributed by atoms with Crippen LogP contribution < -0.4 is 10.1 Å². The van der Waals surface area contributed by atoms with Crippen molar-refractivity contribution >= 4 is 5.97 Å². The lowest BCUT2D eigenvalue weighted by molar-refractivity contribution is -0.145. The molecular formula is C18H28N2O3. The second kappa shape index (κ2) is 10.2. The summed E-state index contributed by atoms with van der Waals surface area (Å²) in [6.45, 7) is 7.51. The number of nitrogens with one attached hydrogen (secondary N) is 1. The van der Waals surface area contributed by atoms with Gasteiger partial charge >= 0.3 is 5.97 Å². The molecule has 1 aromatic carbocycles. The van der Waals surface area contributed by atoms with Crippen LogP contribution in [0.3, 0.4) is 0 Å². The van der Waals surface area contributed by atoms with Crippen molar-refractivity contribution in [3.63, 3.8) is 0 Å². The van der Waals surface area contributed by atoms with Gasteiger partial charge in [-0.3, -0.25) is 0 Å². The van der Waals surface area contributed by atoms with Crippen molar-refractivity contribution in [2.24, 2.45) is 0 Å². The molecule has 2 rings (SSSR count). The zero-order valence-corrected chi connectivity index (χ0v) is 14.1. The Hall–Kier alpha value is -1.59. The summed E-state index contributed by atoms with van der Waals surface area (Å²) in [5.41, 5.74) is 1.16. The first-order valence-corrected chi connectivity index (χ1v) is 8.58. The molecule has 0 amide bonds. The van der Waals surface area contributed by atoms with E-state index >= 15 is 0 Å². The molecule has 0 radical (unpaired) electrons. The molecule has 1 aromatic rings. The van der Waals surface area contributed by atoms with Crippen molar-refractivity contribution in [2.75, 3.05) is 39.4 Å². The Kier molecular flexibility index (Phi) is 7.90. The van der Waals surface area contributed by atoms with Gasteiger partial charge in [0.1, 0.15) is 5.75 Å². The number of ether oxygens (including phenoxy) is 2. The first-order chi connectivity index (χ1) is 11.3. The third-order valence-corrected chi connectivity index (χ3v) is 3.94. The van der Waals surface area contributed by atoms with E-state index < -0.39 is 0 Å². The second-order valence-corrected chi connectivity index (χ2v) is 5.82.